The molecule has 0 unspecified atom stereocenters. The highest BCUT2D eigenvalue weighted by Crippen LogP contribution is 2.19. The van der Waals surface area contributed by atoms with E-state index >= 15 is 0 Å². The molecular formula is C16H26N2O4S. The molecule has 1 N–H and O–H groups in total. The van der Waals surface area contributed by atoms with E-state index in [4.69, 9.17) is 9.47 Å². The molecule has 0 radical (unpaired) electrons. The summed E-state index contributed by atoms with van der Waals surface area (Å²) in [6.45, 7) is 4.16. The normalized spacial score (nSPS) is 17.3. The van der Waals surface area contributed by atoms with Crippen LogP contribution < -0.4 is 9.46 Å². The van der Waals surface area contributed by atoms with Crippen LogP contribution in [0.15, 0.2) is 29.2 Å². The summed E-state index contributed by atoms with van der Waals surface area (Å²) < 4.78 is 37.6. The fourth-order valence-electron chi connectivity index (χ4n) is 2.71. The Labute approximate surface area is 138 Å². The van der Waals surface area contributed by atoms with Gasteiger partial charge >= 0.3 is 0 Å². The maximum absolute atomic E-state index is 12.4. The van der Waals surface area contributed by atoms with E-state index in [1.165, 1.54) is 13.2 Å². The SMILES string of the molecule is COCCN1CCC(CNS(=O)(=O)c2cccc(OC)c2)CC1. The van der Waals surface area contributed by atoms with Crippen molar-refractivity contribution in [2.45, 2.75) is 17.7 Å². The van der Waals surface area contributed by atoms with Crippen LogP contribution in [0.4, 0.5) is 0 Å². The first kappa shape index (κ1) is 18.2. The average Bonchev–Trinajstić information content (AvgIpc) is 2.59. The van der Waals surface area contributed by atoms with Crippen LogP contribution in [-0.4, -0.2) is 60.3 Å². The molecule has 1 aromatic carbocycles. The molecule has 0 saturated carbocycles. The summed E-state index contributed by atoms with van der Waals surface area (Å²) in [6.07, 6.45) is 2.01. The molecule has 0 bridgehead atoms. The largest absolute Gasteiger partial charge is 0.497 e. The van der Waals surface area contributed by atoms with Gasteiger partial charge < -0.3 is 14.4 Å². The molecule has 2 rings (SSSR count). The van der Waals surface area contributed by atoms with Crippen molar-refractivity contribution in [1.29, 1.82) is 0 Å². The molecule has 7 heteroatoms. The van der Waals surface area contributed by atoms with Gasteiger partial charge in [-0.15, -0.1) is 0 Å². The van der Waals surface area contributed by atoms with Crippen molar-refractivity contribution in [1.82, 2.24) is 9.62 Å². The van der Waals surface area contributed by atoms with Crippen LogP contribution in [0.3, 0.4) is 0 Å². The summed E-state index contributed by atoms with van der Waals surface area (Å²) in [7, 11) is -0.251. The van der Waals surface area contributed by atoms with Crippen LogP contribution in [0.5, 0.6) is 5.75 Å². The van der Waals surface area contributed by atoms with E-state index in [0.717, 1.165) is 39.1 Å². The smallest absolute Gasteiger partial charge is 0.240 e. The first-order chi connectivity index (χ1) is 11.0. The number of sulfonamides is 1. The van der Waals surface area contributed by atoms with E-state index in [0.29, 0.717) is 18.2 Å². The van der Waals surface area contributed by atoms with Gasteiger partial charge in [0.1, 0.15) is 5.75 Å². The third-order valence-corrected chi connectivity index (χ3v) is 5.65. The van der Waals surface area contributed by atoms with Crippen LogP contribution in [0.1, 0.15) is 12.8 Å². The molecule has 0 spiro atoms. The van der Waals surface area contributed by atoms with Gasteiger partial charge in [-0.1, -0.05) is 6.07 Å². The molecule has 6 nitrogen and oxygen atoms in total. The van der Waals surface area contributed by atoms with Gasteiger partial charge in [0.25, 0.3) is 0 Å². The van der Waals surface area contributed by atoms with Crippen LogP contribution in [0.2, 0.25) is 0 Å². The second-order valence-electron chi connectivity index (χ2n) is 5.81. The van der Waals surface area contributed by atoms with E-state index in [1.807, 2.05) is 0 Å². The molecule has 23 heavy (non-hydrogen) atoms. The van der Waals surface area contributed by atoms with Gasteiger partial charge in [0, 0.05) is 26.3 Å². The maximum atomic E-state index is 12.4. The highest BCUT2D eigenvalue weighted by Gasteiger charge is 2.22. The van der Waals surface area contributed by atoms with Crippen LogP contribution in [-0.2, 0) is 14.8 Å². The highest BCUT2D eigenvalue weighted by atomic mass is 32.2. The van der Waals surface area contributed by atoms with Crippen molar-refractivity contribution in [3.05, 3.63) is 24.3 Å². The molecule has 1 heterocycles. The Bertz CT molecular complexity index is 583. The van der Waals surface area contributed by atoms with E-state index in [-0.39, 0.29) is 4.90 Å². The zero-order chi connectivity index (χ0) is 16.7. The summed E-state index contributed by atoms with van der Waals surface area (Å²) in [5, 5.41) is 0. The van der Waals surface area contributed by atoms with Gasteiger partial charge in [-0.2, -0.15) is 0 Å². The molecule has 0 aliphatic carbocycles. The van der Waals surface area contributed by atoms with E-state index < -0.39 is 10.0 Å². The zero-order valence-electron chi connectivity index (χ0n) is 13.8. The standard InChI is InChI=1S/C16H26N2O4S/c1-21-11-10-18-8-6-14(7-9-18)13-17-23(19,20)16-5-3-4-15(12-16)22-2/h3-5,12,14,17H,6-11,13H2,1-2H3. The van der Waals surface area contributed by atoms with E-state index in [1.54, 1.807) is 25.3 Å². The summed E-state index contributed by atoms with van der Waals surface area (Å²) in [6, 6.07) is 6.53. The number of hydrogen-bond acceptors (Lipinski definition) is 5. The van der Waals surface area contributed by atoms with Crippen molar-refractivity contribution in [3.63, 3.8) is 0 Å². The van der Waals surface area contributed by atoms with Crippen molar-refractivity contribution < 1.29 is 17.9 Å². The van der Waals surface area contributed by atoms with Gasteiger partial charge in [-0.05, 0) is 44.0 Å². The fourth-order valence-corrected chi connectivity index (χ4v) is 3.86. The number of piperidine rings is 1. The van der Waals surface area contributed by atoms with Crippen LogP contribution in [0.25, 0.3) is 0 Å². The fraction of sp³-hybridized carbons (Fsp3) is 0.625. The minimum Gasteiger partial charge on any atom is -0.497 e. The molecule has 1 aromatic rings. The zero-order valence-corrected chi connectivity index (χ0v) is 14.6. The first-order valence-electron chi connectivity index (χ1n) is 7.90. The monoisotopic (exact) mass is 342 g/mol. The molecule has 1 aliphatic rings. The number of ether oxygens (including phenoxy) is 2. The topological polar surface area (TPSA) is 67.9 Å². The number of methoxy groups -OCH3 is 2. The molecule has 0 atom stereocenters. The average molecular weight is 342 g/mol. The number of nitrogens with one attached hydrogen (secondary N) is 1. The Morgan fingerprint density at radius 1 is 1.26 bits per heavy atom. The van der Waals surface area contributed by atoms with Crippen LogP contribution >= 0.6 is 0 Å². The van der Waals surface area contributed by atoms with Crippen molar-refractivity contribution in [2.75, 3.05) is 47.0 Å². The minimum absolute atomic E-state index is 0.245. The quantitative estimate of drug-likeness (QED) is 0.772. The number of likely N-dealkylation sites (tertiary alicyclic amines) is 1. The van der Waals surface area contributed by atoms with Gasteiger partial charge in [0.2, 0.25) is 10.0 Å². The molecule has 1 aliphatic heterocycles. The molecular weight excluding hydrogens is 316 g/mol. The number of nitrogens with zero attached hydrogens (tertiary/aromatic N) is 1. The van der Waals surface area contributed by atoms with Crippen LogP contribution in [0, 0.1) is 5.92 Å². The molecule has 1 fully saturated rings. The van der Waals surface area contributed by atoms with E-state index in [9.17, 15) is 8.42 Å². The Morgan fingerprint density at radius 2 is 2.00 bits per heavy atom. The Morgan fingerprint density at radius 3 is 2.65 bits per heavy atom. The van der Waals surface area contributed by atoms with E-state index in [2.05, 4.69) is 9.62 Å². The second kappa shape index (κ2) is 8.63. The Balaban J connectivity index is 1.83. The number of hydrogen-bond donors (Lipinski definition) is 1. The van der Waals surface area contributed by atoms with Gasteiger partial charge in [-0.25, -0.2) is 13.1 Å². The van der Waals surface area contributed by atoms with Crippen molar-refractivity contribution >= 4 is 10.0 Å². The summed E-state index contributed by atoms with van der Waals surface area (Å²) in [5.41, 5.74) is 0. The summed E-state index contributed by atoms with van der Waals surface area (Å²) in [5.74, 6) is 0.925. The molecule has 0 amide bonds. The molecule has 0 aromatic heterocycles. The van der Waals surface area contributed by atoms with Crippen molar-refractivity contribution in [3.8, 4) is 5.75 Å². The van der Waals surface area contributed by atoms with Gasteiger partial charge in [-0.3, -0.25) is 0 Å². The lowest BCUT2D eigenvalue weighted by atomic mass is 9.97. The number of rotatable bonds is 8. The summed E-state index contributed by atoms with van der Waals surface area (Å²) >= 11 is 0. The Hall–Kier alpha value is -1.15. The highest BCUT2D eigenvalue weighted by molar-refractivity contribution is 7.89. The lowest BCUT2D eigenvalue weighted by Gasteiger charge is -2.31. The lowest BCUT2D eigenvalue weighted by molar-refractivity contribution is 0.121. The summed E-state index contributed by atoms with van der Waals surface area (Å²) in [4.78, 5) is 2.60. The maximum Gasteiger partial charge on any atom is 0.240 e. The third-order valence-electron chi connectivity index (χ3n) is 4.23. The lowest BCUT2D eigenvalue weighted by Crippen LogP contribution is -2.39. The van der Waals surface area contributed by atoms with Crippen molar-refractivity contribution in [2.24, 2.45) is 5.92 Å². The minimum atomic E-state index is -3.48. The molecule has 130 valence electrons. The predicted molar refractivity (Wildman–Crippen MR) is 89.2 cm³/mol. The third kappa shape index (κ3) is 5.46. The second-order valence-corrected chi connectivity index (χ2v) is 7.58. The van der Waals surface area contributed by atoms with Gasteiger partial charge in [0.15, 0.2) is 0 Å². The number of benzene rings is 1. The molecule has 1 saturated heterocycles. The first-order valence-corrected chi connectivity index (χ1v) is 9.38. The predicted octanol–water partition coefficient (Wildman–Crippen LogP) is 1.33. The Kier molecular flexibility index (Phi) is 6.83. The van der Waals surface area contributed by atoms with Gasteiger partial charge in [0.05, 0.1) is 18.6 Å².